The molecule has 9 aromatic rings. The normalized spacial score (nSPS) is 11.4. The summed E-state index contributed by atoms with van der Waals surface area (Å²) in [4.78, 5) is 0. The maximum atomic E-state index is 14.4. The summed E-state index contributed by atoms with van der Waals surface area (Å²) >= 11 is 0. The minimum atomic E-state index is -3.96. The minimum absolute atomic E-state index is 2.68. The fourth-order valence-corrected chi connectivity index (χ4v) is 9.18. The van der Waals surface area contributed by atoms with Crippen LogP contribution in [0.15, 0.2) is 0 Å². The lowest BCUT2D eigenvalue weighted by Gasteiger charge is -2.21. The number of hydrogen-bond acceptors (Lipinski definition) is 0. The summed E-state index contributed by atoms with van der Waals surface area (Å²) in [6, 6.07) is 0. The molecule has 0 N–H and O–H groups in total. The van der Waals surface area contributed by atoms with E-state index in [-0.39, 0.29) is 0 Å². The molecule has 9 rings (SSSR count). The van der Waals surface area contributed by atoms with Gasteiger partial charge >= 0.3 is 0 Å². The summed E-state index contributed by atoms with van der Waals surface area (Å²) in [6.07, 6.45) is 0. The zero-order chi connectivity index (χ0) is 77.9. The van der Waals surface area contributed by atoms with Gasteiger partial charge in [0, 0.05) is 49.2 Å². The van der Waals surface area contributed by atoms with Crippen molar-refractivity contribution >= 4 is 69.3 Å². The number of hydrogen-bond donors (Lipinski definition) is 0. The zero-order valence-corrected chi connectivity index (χ0v) is 45.7. The van der Waals surface area contributed by atoms with Crippen LogP contribution >= 0.6 is 0 Å². The van der Waals surface area contributed by atoms with Crippen LogP contribution in [0.25, 0.3) is 0 Å². The van der Waals surface area contributed by atoms with Gasteiger partial charge in [0.25, 0.3) is 20.1 Å². The van der Waals surface area contributed by atoms with Crippen molar-refractivity contribution in [2.45, 2.75) is 0 Å². The van der Waals surface area contributed by atoms with Gasteiger partial charge in [0.2, 0.25) is 0 Å². The van der Waals surface area contributed by atoms with E-state index in [0.29, 0.717) is 0 Å². The molecule has 0 nitrogen and oxygen atoms in total. The fourth-order valence-electron chi connectivity index (χ4n) is 9.18. The van der Waals surface area contributed by atoms with Crippen LogP contribution in [0.2, 0.25) is 0 Å². The second kappa shape index (κ2) is 28.5. The molecule has 9 aromatic carbocycles. The van der Waals surface area contributed by atoms with Gasteiger partial charge in [0.1, 0.15) is 0 Å². The van der Waals surface area contributed by atoms with E-state index in [4.69, 9.17) is 0 Å². The highest BCUT2D eigenvalue weighted by molar-refractivity contribution is 6.97. The monoisotopic (exact) mass is 1540 g/mol. The van der Waals surface area contributed by atoms with E-state index in [1.54, 1.807) is 0 Å². The average molecular weight is 1540 g/mol. The molecule has 0 saturated carbocycles. The van der Waals surface area contributed by atoms with Gasteiger partial charge in [-0.15, -0.1) is 0 Å². The lowest BCUT2D eigenvalue weighted by atomic mass is 9.36. The molecule has 48 heteroatoms. The maximum absolute atomic E-state index is 14.4. The third kappa shape index (κ3) is 12.2. The summed E-state index contributed by atoms with van der Waals surface area (Å²) in [5.41, 5.74) is -24.1. The first kappa shape index (κ1) is 79.4. The maximum Gasteiger partial charge on any atom is 0.265 e. The molecule has 0 heterocycles. The van der Waals surface area contributed by atoms with Gasteiger partial charge in [-0.3, -0.25) is 0 Å². The van der Waals surface area contributed by atoms with Crippen molar-refractivity contribution in [2.24, 2.45) is 0 Å². The molecule has 0 radical (unpaired) electrons. The van der Waals surface area contributed by atoms with Crippen LogP contribution in [0, 0.1) is 262 Å². The van der Waals surface area contributed by atoms with E-state index in [2.05, 4.69) is 0 Å². The molecule has 0 unspecified atom stereocenters. The van der Waals surface area contributed by atoms with Crippen molar-refractivity contribution in [3.63, 3.8) is 0 Å². The van der Waals surface area contributed by atoms with Crippen molar-refractivity contribution < 1.29 is 198 Å². The lowest BCUT2D eigenvalue weighted by Crippen LogP contribution is -2.60. The van der Waals surface area contributed by atoms with Gasteiger partial charge in [0.05, 0.1) is 0 Å². The smallest absolute Gasteiger partial charge is 0.204 e. The summed E-state index contributed by atoms with van der Waals surface area (Å²) in [5, 5.41) is 0. The Morgan fingerprint density at radius 3 is 0.157 bits per heavy atom. The molecular weight excluding hydrogens is 1540 g/mol. The molecule has 102 heavy (non-hydrogen) atoms. The standard InChI is InChI=1S/3C18BF15/c3*20-4-1(5(21)11(27)16(32)10(4)26)19(2-6(22)12(28)17(33)13(29)7(2)23)3-8(24)14(30)18(34)15(31)9(3)25. The third-order valence-electron chi connectivity index (χ3n) is 13.8. The van der Waals surface area contributed by atoms with E-state index in [0.717, 1.165) is 0 Å². The van der Waals surface area contributed by atoms with Crippen LogP contribution in [0.1, 0.15) is 0 Å². The molecule has 0 atom stereocenters. The quantitative estimate of drug-likeness (QED) is 0.0585. The summed E-state index contributed by atoms with van der Waals surface area (Å²) in [6.45, 7) is -11.9. The summed E-state index contributed by atoms with van der Waals surface area (Å²) in [7, 11) is 0. The van der Waals surface area contributed by atoms with Crippen molar-refractivity contribution in [3.8, 4) is 0 Å². The average Bonchev–Trinajstić information content (AvgIpc) is 0.740. The fraction of sp³-hybridized carbons (Fsp3) is 0. The van der Waals surface area contributed by atoms with E-state index in [1.807, 2.05) is 0 Å². The minimum Gasteiger partial charge on any atom is -0.204 e. The van der Waals surface area contributed by atoms with E-state index >= 15 is 0 Å². The second-order valence-electron chi connectivity index (χ2n) is 19.2. The summed E-state index contributed by atoms with van der Waals surface area (Å²) < 4.78 is 626. The molecule has 0 amide bonds. The van der Waals surface area contributed by atoms with Crippen molar-refractivity contribution in [1.29, 1.82) is 0 Å². The van der Waals surface area contributed by atoms with Crippen molar-refractivity contribution in [1.82, 2.24) is 0 Å². The van der Waals surface area contributed by atoms with E-state index in [1.165, 1.54) is 0 Å². The van der Waals surface area contributed by atoms with Gasteiger partial charge in [-0.1, -0.05) is 0 Å². The Balaban J connectivity index is 0.000000214. The van der Waals surface area contributed by atoms with Crippen LogP contribution in [-0.2, 0) is 0 Å². The van der Waals surface area contributed by atoms with Gasteiger partial charge in [-0.25, -0.2) is 198 Å². The molecule has 0 aliphatic carbocycles. The Morgan fingerprint density at radius 2 is 0.108 bits per heavy atom. The lowest BCUT2D eigenvalue weighted by molar-refractivity contribution is 0.380. The van der Waals surface area contributed by atoms with Crippen LogP contribution in [-0.4, -0.2) is 20.1 Å². The molecule has 0 saturated heterocycles. The SMILES string of the molecule is Fc1c(F)c(F)c(B(c2c(F)c(F)c(F)c(F)c2F)c2c(F)c(F)c(F)c(F)c2F)c(F)c1F.Fc1c(F)c(F)c(B(c2c(F)c(F)c(F)c(F)c2F)c2c(F)c(F)c(F)c(F)c2F)c(F)c1F.Fc1c(F)c(F)c(B(c2c(F)c(F)c(F)c(F)c2F)c2c(F)c(F)c(F)c(F)c2F)c(F)c1F. The van der Waals surface area contributed by atoms with Crippen LogP contribution < -0.4 is 49.2 Å². The molecule has 0 fully saturated rings. The second-order valence-corrected chi connectivity index (χ2v) is 19.2. The van der Waals surface area contributed by atoms with Crippen molar-refractivity contribution in [3.05, 3.63) is 262 Å². The third-order valence-corrected chi connectivity index (χ3v) is 13.8. The highest BCUT2D eigenvalue weighted by Gasteiger charge is 2.50. The van der Waals surface area contributed by atoms with Crippen LogP contribution in [0.4, 0.5) is 198 Å². The van der Waals surface area contributed by atoms with Crippen LogP contribution in [0.5, 0.6) is 0 Å². The number of halogens is 45. The van der Waals surface area contributed by atoms with Crippen molar-refractivity contribution in [2.75, 3.05) is 0 Å². The first-order valence-corrected chi connectivity index (χ1v) is 24.6. The molecule has 0 aromatic heterocycles. The van der Waals surface area contributed by atoms with Gasteiger partial charge in [-0.2, -0.15) is 0 Å². The van der Waals surface area contributed by atoms with Crippen LogP contribution in [0.3, 0.4) is 0 Å². The first-order valence-electron chi connectivity index (χ1n) is 24.6. The molecule has 0 bridgehead atoms. The Kier molecular flexibility index (Phi) is 22.1. The molecule has 540 valence electrons. The number of benzene rings is 9. The predicted molar refractivity (Wildman–Crippen MR) is 250 cm³/mol. The zero-order valence-electron chi connectivity index (χ0n) is 45.7. The Labute approximate surface area is 528 Å². The van der Waals surface area contributed by atoms with E-state index in [9.17, 15) is 198 Å². The Morgan fingerprint density at radius 1 is 0.0686 bits per heavy atom. The van der Waals surface area contributed by atoms with Gasteiger partial charge in [-0.05, 0) is 0 Å². The predicted octanol–water partition coefficient (Wildman–Crippen LogP) is 12.9. The topological polar surface area (TPSA) is 0 Å². The number of rotatable bonds is 9. The Hall–Kier alpha value is -9.98. The molecular formula is C54B3F45. The summed E-state index contributed by atoms with van der Waals surface area (Å²) in [5.74, 6) is -136. The van der Waals surface area contributed by atoms with Gasteiger partial charge in [0.15, 0.2) is 262 Å². The largest absolute Gasteiger partial charge is 0.265 e. The molecule has 0 aliphatic rings. The highest BCUT2D eigenvalue weighted by Crippen LogP contribution is 2.29. The molecule has 0 aliphatic heterocycles. The first-order chi connectivity index (χ1) is 47.0. The van der Waals surface area contributed by atoms with Gasteiger partial charge < -0.3 is 0 Å². The molecule has 0 spiro atoms. The highest BCUT2D eigenvalue weighted by atomic mass is 19.2. The van der Waals surface area contributed by atoms with E-state index < -0.39 is 331 Å². The Bertz CT molecular complexity index is 3840.